The van der Waals surface area contributed by atoms with E-state index in [-0.39, 0.29) is 37.2 Å². The first-order valence-electron chi connectivity index (χ1n) is 13.7. The molecule has 1 saturated heterocycles. The quantitative estimate of drug-likeness (QED) is 0.396. The largest absolute Gasteiger partial charge is 0.463 e. The van der Waals surface area contributed by atoms with E-state index in [1.165, 1.54) is 7.11 Å². The molecular weight excluding hydrogens is 486 g/mol. The number of hydrogen-bond donors (Lipinski definition) is 1. The lowest BCUT2D eigenvalue weighted by Gasteiger charge is -2.31. The van der Waals surface area contributed by atoms with Gasteiger partial charge in [0.2, 0.25) is 0 Å². The van der Waals surface area contributed by atoms with Crippen LogP contribution in [0.15, 0.2) is 36.4 Å². The second-order valence-corrected chi connectivity index (χ2v) is 10.3. The van der Waals surface area contributed by atoms with Crippen LogP contribution in [0.5, 0.6) is 0 Å². The second-order valence-electron chi connectivity index (χ2n) is 10.3. The molecule has 6 atom stereocenters. The van der Waals surface area contributed by atoms with Crippen molar-refractivity contribution in [2.75, 3.05) is 26.7 Å². The molecule has 38 heavy (non-hydrogen) atoms. The molecule has 212 valence electrons. The van der Waals surface area contributed by atoms with E-state index in [4.69, 9.17) is 14.2 Å². The van der Waals surface area contributed by atoms with E-state index in [2.05, 4.69) is 17.1 Å². The van der Waals surface area contributed by atoms with Crippen LogP contribution in [-0.2, 0) is 28.6 Å². The Kier molecular flexibility index (Phi) is 14.3. The summed E-state index contributed by atoms with van der Waals surface area (Å²) in [7, 11) is 1.51. The number of nitrogens with zero attached hydrogens (tertiary/aromatic N) is 1. The van der Waals surface area contributed by atoms with Crippen molar-refractivity contribution in [2.24, 2.45) is 11.8 Å². The summed E-state index contributed by atoms with van der Waals surface area (Å²) < 4.78 is 16.9. The Morgan fingerprint density at radius 3 is 2.58 bits per heavy atom. The average Bonchev–Trinajstić information content (AvgIpc) is 2.89. The summed E-state index contributed by atoms with van der Waals surface area (Å²) in [5.41, 5.74) is 1.10. The van der Waals surface area contributed by atoms with E-state index < -0.39 is 30.3 Å². The van der Waals surface area contributed by atoms with Gasteiger partial charge in [0.1, 0.15) is 18.5 Å². The van der Waals surface area contributed by atoms with Crippen molar-refractivity contribution < 1.29 is 33.7 Å². The van der Waals surface area contributed by atoms with Gasteiger partial charge in [0.15, 0.2) is 0 Å². The van der Waals surface area contributed by atoms with E-state index in [1.807, 2.05) is 44.2 Å². The van der Waals surface area contributed by atoms with Crippen LogP contribution >= 0.6 is 0 Å². The average molecular weight is 532 g/mol. The van der Waals surface area contributed by atoms with E-state index in [0.717, 1.165) is 11.8 Å². The number of benzene rings is 1. The summed E-state index contributed by atoms with van der Waals surface area (Å²) in [6, 6.07) is 10.0. The van der Waals surface area contributed by atoms with Crippen molar-refractivity contribution in [3.8, 4) is 0 Å². The zero-order valence-electron chi connectivity index (χ0n) is 23.3. The second kappa shape index (κ2) is 17.1. The Morgan fingerprint density at radius 1 is 1.18 bits per heavy atom. The molecular formula is C30H45NO7. The number of aldehydes is 1. The minimum absolute atomic E-state index is 0.0739. The molecule has 1 fully saturated rings. The van der Waals surface area contributed by atoms with Crippen LogP contribution in [0.4, 0.5) is 0 Å². The molecule has 1 aliphatic rings. The van der Waals surface area contributed by atoms with Crippen LogP contribution in [-0.4, -0.2) is 79.4 Å². The fraction of sp³-hybridized carbons (Fsp3) is 0.633. The molecule has 0 aliphatic carbocycles. The summed E-state index contributed by atoms with van der Waals surface area (Å²) in [4.78, 5) is 38.6. The van der Waals surface area contributed by atoms with E-state index >= 15 is 0 Å². The lowest BCUT2D eigenvalue weighted by Crippen LogP contribution is -2.38. The fourth-order valence-corrected chi connectivity index (χ4v) is 4.80. The molecule has 6 unspecified atom stereocenters. The highest BCUT2D eigenvalue weighted by atomic mass is 16.6. The van der Waals surface area contributed by atoms with Crippen molar-refractivity contribution in [2.45, 2.75) is 83.7 Å². The Balaban J connectivity index is 2.24. The number of aliphatic hydroxyl groups excluding tert-OH is 1. The first-order chi connectivity index (χ1) is 18.2. The Hall–Kier alpha value is -2.55. The lowest BCUT2D eigenvalue weighted by molar-refractivity contribution is -0.165. The predicted octanol–water partition coefficient (Wildman–Crippen LogP) is 4.05. The molecule has 0 amide bonds. The van der Waals surface area contributed by atoms with Crippen molar-refractivity contribution in [3.05, 3.63) is 42.0 Å². The summed E-state index contributed by atoms with van der Waals surface area (Å²) in [5.74, 6) is -1.06. The molecule has 2 rings (SSSR count). The summed E-state index contributed by atoms with van der Waals surface area (Å²) in [6.45, 7) is 7.25. The van der Waals surface area contributed by atoms with Gasteiger partial charge in [0, 0.05) is 39.6 Å². The first kappa shape index (κ1) is 31.7. The lowest BCUT2D eigenvalue weighted by atomic mass is 9.85. The Labute approximate surface area is 227 Å². The van der Waals surface area contributed by atoms with Crippen molar-refractivity contribution in [3.63, 3.8) is 0 Å². The third-order valence-corrected chi connectivity index (χ3v) is 7.12. The van der Waals surface area contributed by atoms with Gasteiger partial charge in [-0.05, 0) is 43.6 Å². The van der Waals surface area contributed by atoms with Gasteiger partial charge in [0.05, 0.1) is 18.6 Å². The zero-order valence-corrected chi connectivity index (χ0v) is 23.3. The van der Waals surface area contributed by atoms with Gasteiger partial charge < -0.3 is 24.1 Å². The van der Waals surface area contributed by atoms with Crippen LogP contribution in [0.3, 0.4) is 0 Å². The number of rotatable bonds is 8. The standard InChI is InChI=1S/C30H45NO7/c1-5-29(34)38-28-20-30(35)37-23(3)13-16-31(15-9-12-24-10-7-6-8-11-24)21-26(33)22(2)18-25(14-17-32)19-27(28)36-4/h6-12,17,22-23,25-28,33H,5,13-16,18-21H2,1-4H3/b12-9+. The maximum Gasteiger partial charge on any atom is 0.309 e. The molecule has 8 heteroatoms. The third-order valence-electron chi connectivity index (χ3n) is 7.12. The Bertz CT molecular complexity index is 875. The molecule has 0 saturated carbocycles. The molecule has 0 spiro atoms. The molecule has 0 radical (unpaired) electrons. The molecule has 1 aliphatic heterocycles. The highest BCUT2D eigenvalue weighted by Crippen LogP contribution is 2.27. The SMILES string of the molecule is CCC(=O)OC1CC(=O)OC(C)CCN(C/C=C/c2ccccc2)CC(O)C(C)CC(CC=O)CC1OC. The number of carbonyl (C=O) groups is 3. The van der Waals surface area contributed by atoms with Crippen molar-refractivity contribution in [1.29, 1.82) is 0 Å². The van der Waals surface area contributed by atoms with Gasteiger partial charge in [-0.2, -0.15) is 0 Å². The maximum atomic E-state index is 12.8. The van der Waals surface area contributed by atoms with E-state index in [9.17, 15) is 19.5 Å². The number of methoxy groups -OCH3 is 1. The fourth-order valence-electron chi connectivity index (χ4n) is 4.80. The monoisotopic (exact) mass is 531 g/mol. The highest BCUT2D eigenvalue weighted by molar-refractivity contribution is 5.72. The molecule has 0 bridgehead atoms. The molecule has 1 heterocycles. The molecule has 1 aromatic rings. The van der Waals surface area contributed by atoms with Crippen molar-refractivity contribution in [1.82, 2.24) is 4.90 Å². The first-order valence-corrected chi connectivity index (χ1v) is 13.7. The maximum absolute atomic E-state index is 12.8. The van der Waals surface area contributed by atoms with Crippen LogP contribution in [0.25, 0.3) is 6.08 Å². The topological polar surface area (TPSA) is 102 Å². The van der Waals surface area contributed by atoms with E-state index in [1.54, 1.807) is 6.92 Å². The number of β-amino-alcohol motifs (C(OH)–C–C–N with tert-alkyl or cyclic N) is 1. The number of carbonyl (C=O) groups excluding carboxylic acids is 3. The van der Waals surface area contributed by atoms with Crippen LogP contribution in [0.2, 0.25) is 0 Å². The normalized spacial score (nSPS) is 28.7. The minimum Gasteiger partial charge on any atom is -0.463 e. The zero-order chi connectivity index (χ0) is 27.9. The number of esters is 2. The number of cyclic esters (lactones) is 1. The van der Waals surface area contributed by atoms with Crippen LogP contribution in [0, 0.1) is 11.8 Å². The third kappa shape index (κ3) is 11.5. The van der Waals surface area contributed by atoms with Crippen molar-refractivity contribution >= 4 is 24.3 Å². The van der Waals surface area contributed by atoms with Gasteiger partial charge in [-0.15, -0.1) is 0 Å². The van der Waals surface area contributed by atoms with Gasteiger partial charge >= 0.3 is 11.9 Å². The minimum atomic E-state index is -0.814. The van der Waals surface area contributed by atoms with Crippen LogP contribution in [0.1, 0.15) is 64.9 Å². The predicted molar refractivity (Wildman–Crippen MR) is 146 cm³/mol. The van der Waals surface area contributed by atoms with Crippen LogP contribution < -0.4 is 0 Å². The summed E-state index contributed by atoms with van der Waals surface area (Å²) in [6.07, 6.45) is 4.60. The smallest absolute Gasteiger partial charge is 0.309 e. The summed E-state index contributed by atoms with van der Waals surface area (Å²) in [5, 5.41) is 11.1. The summed E-state index contributed by atoms with van der Waals surface area (Å²) >= 11 is 0. The highest BCUT2D eigenvalue weighted by Gasteiger charge is 2.32. The Morgan fingerprint density at radius 2 is 1.92 bits per heavy atom. The number of ether oxygens (including phenoxy) is 3. The molecule has 1 N–H and O–H groups in total. The van der Waals surface area contributed by atoms with Gasteiger partial charge in [-0.3, -0.25) is 14.5 Å². The number of hydrogen-bond acceptors (Lipinski definition) is 8. The van der Waals surface area contributed by atoms with Gasteiger partial charge in [-0.1, -0.05) is 56.3 Å². The molecule has 8 nitrogen and oxygen atoms in total. The van der Waals surface area contributed by atoms with Gasteiger partial charge in [-0.25, -0.2) is 0 Å². The number of aliphatic hydroxyl groups is 1. The van der Waals surface area contributed by atoms with Gasteiger partial charge in [0.25, 0.3) is 0 Å². The van der Waals surface area contributed by atoms with E-state index in [0.29, 0.717) is 38.9 Å². The molecule has 1 aromatic carbocycles. The molecule has 0 aromatic heterocycles.